The van der Waals surface area contributed by atoms with Crippen LogP contribution in [0.1, 0.15) is 30.0 Å². The van der Waals surface area contributed by atoms with Crippen LogP contribution in [0.25, 0.3) is 0 Å². The van der Waals surface area contributed by atoms with Gasteiger partial charge in [-0.3, -0.25) is 0 Å². The second-order valence-corrected chi connectivity index (χ2v) is 4.32. The van der Waals surface area contributed by atoms with Crippen molar-refractivity contribution in [2.75, 3.05) is 0 Å². The molecule has 1 aromatic carbocycles. The molecule has 0 unspecified atom stereocenters. The minimum atomic E-state index is 0.0998. The van der Waals surface area contributed by atoms with Gasteiger partial charge in [0.2, 0.25) is 0 Å². The number of fused-ring (bicyclic) bond motifs is 1. The molecule has 2 rings (SSSR count). The number of benzene rings is 1. The van der Waals surface area contributed by atoms with E-state index in [-0.39, 0.29) is 6.04 Å². The molecule has 0 saturated carbocycles. The molecule has 0 saturated heterocycles. The molecule has 0 aromatic heterocycles. The summed E-state index contributed by atoms with van der Waals surface area (Å²) in [5, 5.41) is 9.76. The molecule has 0 spiro atoms. The normalized spacial score (nSPS) is 21.2. The van der Waals surface area contributed by atoms with Crippen LogP contribution < -0.4 is 5.73 Å². The lowest BCUT2D eigenvalue weighted by Gasteiger charge is -2.23. The molecule has 0 bridgehead atoms. The van der Waals surface area contributed by atoms with E-state index in [1.54, 1.807) is 0 Å². The Labute approximate surface area is 85.9 Å². The fraction of sp³-hybridized carbons (Fsp3) is 0.400. The number of hydrogen-bond donors (Lipinski definition) is 2. The summed E-state index contributed by atoms with van der Waals surface area (Å²) in [6.07, 6.45) is 3.03. The van der Waals surface area contributed by atoms with E-state index < -0.39 is 0 Å². The van der Waals surface area contributed by atoms with Crippen LogP contribution in [0.3, 0.4) is 0 Å². The van der Waals surface area contributed by atoms with Gasteiger partial charge in [0.25, 0.3) is 0 Å². The highest BCUT2D eigenvalue weighted by molar-refractivity contribution is 9.10. The fourth-order valence-corrected chi connectivity index (χ4v) is 2.26. The van der Waals surface area contributed by atoms with Crippen LogP contribution in [0.4, 0.5) is 0 Å². The molecule has 1 atom stereocenters. The minimum absolute atomic E-state index is 0.0998. The van der Waals surface area contributed by atoms with Crippen molar-refractivity contribution in [3.8, 4) is 5.75 Å². The monoisotopic (exact) mass is 241 g/mol. The molecule has 1 aliphatic carbocycles. The molecule has 0 fully saturated rings. The Hall–Kier alpha value is -0.540. The van der Waals surface area contributed by atoms with Crippen molar-refractivity contribution in [1.29, 1.82) is 0 Å². The van der Waals surface area contributed by atoms with Crippen LogP contribution in [0.2, 0.25) is 0 Å². The first-order valence-corrected chi connectivity index (χ1v) is 5.25. The van der Waals surface area contributed by atoms with Crippen molar-refractivity contribution >= 4 is 15.9 Å². The summed E-state index contributed by atoms with van der Waals surface area (Å²) in [6.45, 7) is 0. The SMILES string of the molecule is N[C@@H]1CCCc2c1ccc(Br)c2O. The van der Waals surface area contributed by atoms with Gasteiger partial charge >= 0.3 is 0 Å². The Bertz CT molecular complexity index is 338. The third-order valence-corrected chi connectivity index (χ3v) is 3.25. The van der Waals surface area contributed by atoms with E-state index >= 15 is 0 Å². The minimum Gasteiger partial charge on any atom is -0.506 e. The molecule has 1 aliphatic rings. The highest BCUT2D eigenvalue weighted by Gasteiger charge is 2.20. The zero-order chi connectivity index (χ0) is 9.42. The highest BCUT2D eigenvalue weighted by atomic mass is 79.9. The molecule has 0 radical (unpaired) electrons. The van der Waals surface area contributed by atoms with Gasteiger partial charge in [-0.2, -0.15) is 0 Å². The van der Waals surface area contributed by atoms with Gasteiger partial charge in [0.15, 0.2) is 0 Å². The zero-order valence-electron chi connectivity index (χ0n) is 7.26. The lowest BCUT2D eigenvalue weighted by Crippen LogP contribution is -2.17. The number of aromatic hydroxyl groups is 1. The van der Waals surface area contributed by atoms with E-state index in [2.05, 4.69) is 15.9 Å². The Balaban J connectivity index is 2.56. The summed E-state index contributed by atoms with van der Waals surface area (Å²) in [5.41, 5.74) is 8.06. The van der Waals surface area contributed by atoms with Gasteiger partial charge in [-0.25, -0.2) is 0 Å². The van der Waals surface area contributed by atoms with Crippen molar-refractivity contribution in [2.45, 2.75) is 25.3 Å². The molecular weight excluding hydrogens is 230 g/mol. The lowest BCUT2D eigenvalue weighted by atomic mass is 9.88. The van der Waals surface area contributed by atoms with E-state index in [1.807, 2.05) is 12.1 Å². The summed E-state index contributed by atoms with van der Waals surface area (Å²) in [7, 11) is 0. The first-order valence-electron chi connectivity index (χ1n) is 4.46. The van der Waals surface area contributed by atoms with E-state index in [9.17, 15) is 5.11 Å². The van der Waals surface area contributed by atoms with Crippen LogP contribution in [0.5, 0.6) is 5.75 Å². The largest absolute Gasteiger partial charge is 0.506 e. The average Bonchev–Trinajstić information content (AvgIpc) is 2.12. The topological polar surface area (TPSA) is 46.2 Å². The standard InChI is InChI=1S/C10H12BrNO/c11-8-5-4-6-7(10(8)13)2-1-3-9(6)12/h4-5,9,13H,1-3,12H2/t9-/m1/s1. The molecule has 3 N–H and O–H groups in total. The van der Waals surface area contributed by atoms with E-state index in [0.717, 1.165) is 34.9 Å². The third-order valence-electron chi connectivity index (χ3n) is 2.61. The lowest BCUT2D eigenvalue weighted by molar-refractivity contribution is 0.452. The Morgan fingerprint density at radius 1 is 1.46 bits per heavy atom. The molecule has 13 heavy (non-hydrogen) atoms. The van der Waals surface area contributed by atoms with Crippen LogP contribution in [-0.4, -0.2) is 5.11 Å². The molecule has 70 valence electrons. The molecular formula is C10H12BrNO. The number of phenolic OH excluding ortho intramolecular Hbond substituents is 1. The van der Waals surface area contributed by atoms with Crippen LogP contribution in [0.15, 0.2) is 16.6 Å². The quantitative estimate of drug-likeness (QED) is 0.734. The van der Waals surface area contributed by atoms with Gasteiger partial charge in [-0.1, -0.05) is 6.07 Å². The van der Waals surface area contributed by atoms with Crippen LogP contribution in [-0.2, 0) is 6.42 Å². The van der Waals surface area contributed by atoms with Crippen molar-refractivity contribution in [1.82, 2.24) is 0 Å². The number of halogens is 1. The van der Waals surface area contributed by atoms with Gasteiger partial charge in [-0.05, 0) is 52.4 Å². The van der Waals surface area contributed by atoms with Gasteiger partial charge in [-0.15, -0.1) is 0 Å². The molecule has 0 amide bonds. The third kappa shape index (κ3) is 1.46. The van der Waals surface area contributed by atoms with E-state index in [4.69, 9.17) is 5.73 Å². The molecule has 1 aromatic rings. The Kier molecular flexibility index (Phi) is 2.30. The Morgan fingerprint density at radius 2 is 2.23 bits per heavy atom. The molecule has 2 nitrogen and oxygen atoms in total. The average molecular weight is 242 g/mol. The maximum Gasteiger partial charge on any atom is 0.133 e. The van der Waals surface area contributed by atoms with Gasteiger partial charge in [0.1, 0.15) is 5.75 Å². The van der Waals surface area contributed by atoms with Gasteiger partial charge < -0.3 is 10.8 Å². The van der Waals surface area contributed by atoms with Gasteiger partial charge in [0.05, 0.1) is 4.47 Å². The molecule has 0 heterocycles. The smallest absolute Gasteiger partial charge is 0.133 e. The fourth-order valence-electron chi connectivity index (χ4n) is 1.89. The number of nitrogens with two attached hydrogens (primary N) is 1. The summed E-state index contributed by atoms with van der Waals surface area (Å²) in [6, 6.07) is 3.96. The van der Waals surface area contributed by atoms with Gasteiger partial charge in [0, 0.05) is 6.04 Å². The second-order valence-electron chi connectivity index (χ2n) is 3.46. The maximum atomic E-state index is 9.76. The van der Waals surface area contributed by atoms with Crippen LogP contribution in [0, 0.1) is 0 Å². The van der Waals surface area contributed by atoms with Crippen molar-refractivity contribution in [2.24, 2.45) is 5.73 Å². The number of phenols is 1. The summed E-state index contributed by atoms with van der Waals surface area (Å²) >= 11 is 3.30. The van der Waals surface area contributed by atoms with E-state index in [0.29, 0.717) is 5.75 Å². The van der Waals surface area contributed by atoms with Crippen molar-refractivity contribution < 1.29 is 5.11 Å². The number of rotatable bonds is 0. The predicted octanol–water partition coefficient (Wildman–Crippen LogP) is 2.49. The predicted molar refractivity (Wildman–Crippen MR) is 55.7 cm³/mol. The molecule has 0 aliphatic heterocycles. The molecule has 3 heteroatoms. The first kappa shape index (κ1) is 9.03. The Morgan fingerprint density at radius 3 is 3.00 bits per heavy atom. The number of hydrogen-bond acceptors (Lipinski definition) is 2. The zero-order valence-corrected chi connectivity index (χ0v) is 8.84. The van der Waals surface area contributed by atoms with Crippen LogP contribution >= 0.6 is 15.9 Å². The second kappa shape index (κ2) is 3.31. The summed E-state index contributed by atoms with van der Waals surface area (Å²) in [5.74, 6) is 0.368. The van der Waals surface area contributed by atoms with Crippen molar-refractivity contribution in [3.05, 3.63) is 27.7 Å². The summed E-state index contributed by atoms with van der Waals surface area (Å²) in [4.78, 5) is 0. The van der Waals surface area contributed by atoms with Crippen molar-refractivity contribution in [3.63, 3.8) is 0 Å². The highest BCUT2D eigenvalue weighted by Crippen LogP contribution is 2.37. The first-order chi connectivity index (χ1) is 6.20. The maximum absolute atomic E-state index is 9.76. The summed E-state index contributed by atoms with van der Waals surface area (Å²) < 4.78 is 0.764. The van der Waals surface area contributed by atoms with E-state index in [1.165, 1.54) is 0 Å².